The van der Waals surface area contributed by atoms with Crippen LogP contribution in [0.4, 0.5) is 0 Å². The average molecular weight is 399 g/mol. The Morgan fingerprint density at radius 3 is 2.14 bits per heavy atom. The van der Waals surface area contributed by atoms with Gasteiger partial charge in [0.15, 0.2) is 11.5 Å². The molecule has 1 fully saturated rings. The molecule has 0 spiro atoms. The van der Waals surface area contributed by atoms with E-state index in [0.29, 0.717) is 17.2 Å². The number of hydrogen-bond donors (Lipinski definition) is 1. The van der Waals surface area contributed by atoms with E-state index in [1.54, 1.807) is 21.3 Å². The molecule has 29 heavy (non-hydrogen) atoms. The van der Waals surface area contributed by atoms with Crippen molar-refractivity contribution in [1.82, 2.24) is 9.80 Å². The van der Waals surface area contributed by atoms with Gasteiger partial charge in [0.2, 0.25) is 11.7 Å². The van der Waals surface area contributed by atoms with Gasteiger partial charge in [-0.3, -0.25) is 14.6 Å². The first-order valence-corrected chi connectivity index (χ1v) is 9.67. The van der Waals surface area contributed by atoms with Crippen molar-refractivity contribution in [1.29, 1.82) is 0 Å². The molecule has 7 heteroatoms. The van der Waals surface area contributed by atoms with Gasteiger partial charge in [-0.05, 0) is 11.6 Å². The number of amides is 1. The maximum atomic E-state index is 12.1. The number of benzene rings is 2. The van der Waals surface area contributed by atoms with Crippen LogP contribution < -0.4 is 19.9 Å². The maximum absolute atomic E-state index is 12.1. The summed E-state index contributed by atoms with van der Waals surface area (Å²) < 4.78 is 16.4. The second-order valence-corrected chi connectivity index (χ2v) is 7.02. The molecular weight excluding hydrogens is 370 g/mol. The largest absolute Gasteiger partial charge is 0.493 e. The maximum Gasteiger partial charge on any atom is 0.239 e. The summed E-state index contributed by atoms with van der Waals surface area (Å²) in [6.07, 6.45) is 0. The van der Waals surface area contributed by atoms with E-state index in [0.717, 1.165) is 43.9 Å². The number of methoxy groups -OCH3 is 3. The topological polar surface area (TPSA) is 77.3 Å². The summed E-state index contributed by atoms with van der Waals surface area (Å²) in [5, 5.41) is 0. The summed E-state index contributed by atoms with van der Waals surface area (Å²) in [5.41, 5.74) is 7.69. The molecule has 0 aliphatic carbocycles. The highest BCUT2D eigenvalue weighted by Gasteiger charge is 2.29. The lowest BCUT2D eigenvalue weighted by atomic mass is 10.0. The SMILES string of the molecule is COc1ccc(CN2CCN(C(C(N)=O)c3ccccc3)CC2)c(OC)c1OC. The molecule has 2 aromatic carbocycles. The van der Waals surface area contributed by atoms with Crippen LogP contribution in [-0.4, -0.2) is 63.2 Å². The van der Waals surface area contributed by atoms with Crippen LogP contribution in [0.1, 0.15) is 17.2 Å². The second kappa shape index (κ2) is 9.62. The molecule has 2 N–H and O–H groups in total. The fourth-order valence-electron chi connectivity index (χ4n) is 3.90. The fourth-order valence-corrected chi connectivity index (χ4v) is 3.90. The number of carbonyl (C=O) groups is 1. The van der Waals surface area contributed by atoms with E-state index < -0.39 is 6.04 Å². The van der Waals surface area contributed by atoms with E-state index >= 15 is 0 Å². The lowest BCUT2D eigenvalue weighted by molar-refractivity contribution is -0.124. The Kier molecular flexibility index (Phi) is 6.95. The van der Waals surface area contributed by atoms with Gasteiger partial charge in [-0.25, -0.2) is 0 Å². The molecule has 1 aliphatic rings. The number of nitrogens with zero attached hydrogens (tertiary/aromatic N) is 2. The molecular formula is C22H29N3O4. The van der Waals surface area contributed by atoms with Gasteiger partial charge in [-0.1, -0.05) is 36.4 Å². The van der Waals surface area contributed by atoms with Gasteiger partial charge in [-0.15, -0.1) is 0 Å². The van der Waals surface area contributed by atoms with Crippen LogP contribution >= 0.6 is 0 Å². The second-order valence-electron chi connectivity index (χ2n) is 7.02. The minimum absolute atomic E-state index is 0.314. The van der Waals surface area contributed by atoms with Crippen LogP contribution in [0.25, 0.3) is 0 Å². The first-order chi connectivity index (χ1) is 14.1. The van der Waals surface area contributed by atoms with Gasteiger partial charge in [0.1, 0.15) is 6.04 Å². The van der Waals surface area contributed by atoms with Crippen molar-refractivity contribution < 1.29 is 19.0 Å². The number of rotatable bonds is 8. The van der Waals surface area contributed by atoms with Crippen molar-refractivity contribution in [3.8, 4) is 17.2 Å². The van der Waals surface area contributed by atoms with Crippen molar-refractivity contribution in [2.45, 2.75) is 12.6 Å². The van der Waals surface area contributed by atoms with E-state index in [1.807, 2.05) is 42.5 Å². The monoisotopic (exact) mass is 399 g/mol. The Morgan fingerprint density at radius 2 is 1.59 bits per heavy atom. The molecule has 1 unspecified atom stereocenters. The Labute approximate surface area is 171 Å². The van der Waals surface area contributed by atoms with E-state index in [9.17, 15) is 4.79 Å². The van der Waals surface area contributed by atoms with Crippen LogP contribution in [0.5, 0.6) is 17.2 Å². The fraction of sp³-hybridized carbons (Fsp3) is 0.409. The van der Waals surface area contributed by atoms with Gasteiger partial charge in [-0.2, -0.15) is 0 Å². The Morgan fingerprint density at radius 1 is 0.931 bits per heavy atom. The summed E-state index contributed by atoms with van der Waals surface area (Å²) >= 11 is 0. The van der Waals surface area contributed by atoms with Crippen LogP contribution in [0.2, 0.25) is 0 Å². The van der Waals surface area contributed by atoms with Crippen molar-refractivity contribution in [2.75, 3.05) is 47.5 Å². The minimum Gasteiger partial charge on any atom is -0.493 e. The lowest BCUT2D eigenvalue weighted by Gasteiger charge is -2.38. The normalized spacial score (nSPS) is 16.2. The number of piperazine rings is 1. The molecule has 0 bridgehead atoms. The van der Waals surface area contributed by atoms with Crippen molar-refractivity contribution in [3.63, 3.8) is 0 Å². The van der Waals surface area contributed by atoms with Crippen LogP contribution in [0, 0.1) is 0 Å². The molecule has 3 rings (SSSR count). The average Bonchev–Trinajstić information content (AvgIpc) is 2.75. The molecule has 0 saturated carbocycles. The summed E-state index contributed by atoms with van der Waals surface area (Å²) in [7, 11) is 4.85. The third-order valence-electron chi connectivity index (χ3n) is 5.34. The highest BCUT2D eigenvalue weighted by molar-refractivity contribution is 5.81. The summed E-state index contributed by atoms with van der Waals surface area (Å²) in [5.74, 6) is 1.62. The lowest BCUT2D eigenvalue weighted by Crippen LogP contribution is -2.50. The van der Waals surface area contributed by atoms with Crippen molar-refractivity contribution in [3.05, 3.63) is 53.6 Å². The predicted octanol–water partition coefficient (Wildman–Crippen LogP) is 2.06. The Bertz CT molecular complexity index is 820. The van der Waals surface area contributed by atoms with Crippen molar-refractivity contribution in [2.24, 2.45) is 5.73 Å². The number of hydrogen-bond acceptors (Lipinski definition) is 6. The molecule has 0 aromatic heterocycles. The zero-order chi connectivity index (χ0) is 20.8. The zero-order valence-electron chi connectivity index (χ0n) is 17.3. The first kappa shape index (κ1) is 21.0. The number of ether oxygens (including phenoxy) is 3. The van der Waals surface area contributed by atoms with E-state index in [1.165, 1.54) is 0 Å². The van der Waals surface area contributed by atoms with Gasteiger partial charge < -0.3 is 19.9 Å². The number of nitrogens with two attached hydrogens (primary N) is 1. The third-order valence-corrected chi connectivity index (χ3v) is 5.34. The molecule has 1 amide bonds. The highest BCUT2D eigenvalue weighted by atomic mass is 16.5. The summed E-state index contributed by atoms with van der Waals surface area (Å²) in [6.45, 7) is 3.91. The van der Waals surface area contributed by atoms with Crippen LogP contribution in [0.15, 0.2) is 42.5 Å². The standard InChI is InChI=1S/C22H29N3O4/c1-27-18-10-9-17(20(28-2)21(18)29-3)15-24-11-13-25(14-12-24)19(22(23)26)16-7-5-4-6-8-16/h4-10,19H,11-15H2,1-3H3,(H2,23,26). The summed E-state index contributed by atoms with van der Waals surface area (Å²) in [4.78, 5) is 16.6. The molecule has 1 atom stereocenters. The third kappa shape index (κ3) is 4.63. The van der Waals surface area contributed by atoms with E-state index in [2.05, 4.69) is 9.80 Å². The number of primary amides is 1. The van der Waals surface area contributed by atoms with Gasteiger partial charge >= 0.3 is 0 Å². The number of carbonyl (C=O) groups excluding carboxylic acids is 1. The Hall–Kier alpha value is -2.77. The van der Waals surface area contributed by atoms with Crippen LogP contribution in [0.3, 0.4) is 0 Å². The molecule has 1 aliphatic heterocycles. The molecule has 2 aromatic rings. The van der Waals surface area contributed by atoms with Gasteiger partial charge in [0, 0.05) is 38.3 Å². The van der Waals surface area contributed by atoms with Crippen molar-refractivity contribution >= 4 is 5.91 Å². The zero-order valence-corrected chi connectivity index (χ0v) is 17.3. The molecule has 1 heterocycles. The van der Waals surface area contributed by atoms with Gasteiger partial charge in [0.05, 0.1) is 21.3 Å². The minimum atomic E-state index is -0.394. The van der Waals surface area contributed by atoms with Crippen LogP contribution in [-0.2, 0) is 11.3 Å². The molecule has 156 valence electrons. The predicted molar refractivity (Wildman–Crippen MR) is 111 cm³/mol. The first-order valence-electron chi connectivity index (χ1n) is 9.67. The quantitative estimate of drug-likeness (QED) is 0.732. The molecule has 7 nitrogen and oxygen atoms in total. The van der Waals surface area contributed by atoms with E-state index in [-0.39, 0.29) is 5.91 Å². The highest BCUT2D eigenvalue weighted by Crippen LogP contribution is 2.40. The Balaban J connectivity index is 1.69. The van der Waals surface area contributed by atoms with E-state index in [4.69, 9.17) is 19.9 Å². The molecule has 1 saturated heterocycles. The van der Waals surface area contributed by atoms with Gasteiger partial charge in [0.25, 0.3) is 0 Å². The smallest absolute Gasteiger partial charge is 0.239 e. The molecule has 0 radical (unpaired) electrons. The summed E-state index contributed by atoms with van der Waals surface area (Å²) in [6, 6.07) is 13.2.